The van der Waals surface area contributed by atoms with Crippen LogP contribution in [0.1, 0.15) is 18.3 Å². The molecule has 8 heteroatoms. The molecule has 1 aromatic heterocycles. The number of H-pyrrole nitrogens is 1. The molecule has 19 heavy (non-hydrogen) atoms. The van der Waals surface area contributed by atoms with Gasteiger partial charge in [-0.3, -0.25) is 10.1 Å². The summed E-state index contributed by atoms with van der Waals surface area (Å²) in [6.45, 7) is 1.30. The van der Waals surface area contributed by atoms with E-state index in [1.54, 1.807) is 6.33 Å². The predicted molar refractivity (Wildman–Crippen MR) is 64.2 cm³/mol. The number of aromatic nitrogens is 2. The molecule has 0 saturated carbocycles. The molecule has 0 saturated heterocycles. The highest BCUT2D eigenvalue weighted by Crippen LogP contribution is 2.12. The fraction of sp³-hybridized carbons (Fsp3) is 0.545. The Morgan fingerprint density at radius 3 is 3.05 bits per heavy atom. The fourth-order valence-electron chi connectivity index (χ4n) is 1.81. The second-order valence-corrected chi connectivity index (χ2v) is 4.76. The van der Waals surface area contributed by atoms with Crippen LogP contribution in [-0.4, -0.2) is 50.2 Å². The molecule has 8 nitrogen and oxygen atoms in total. The van der Waals surface area contributed by atoms with E-state index in [0.717, 1.165) is 18.3 Å². The third-order valence-electron chi connectivity index (χ3n) is 3.11. The molecule has 2 unspecified atom stereocenters. The molecule has 0 radical (unpaired) electrons. The molecule has 2 heterocycles. The number of fused-ring (bicyclic) bond motifs is 1. The molecule has 2 atom stereocenters. The van der Waals surface area contributed by atoms with Gasteiger partial charge in [0.1, 0.15) is 0 Å². The van der Waals surface area contributed by atoms with Gasteiger partial charge in [0.2, 0.25) is 5.91 Å². The van der Waals surface area contributed by atoms with E-state index < -0.39 is 17.6 Å². The molecule has 1 amide bonds. The zero-order valence-electron chi connectivity index (χ0n) is 10.4. The summed E-state index contributed by atoms with van der Waals surface area (Å²) in [7, 11) is 0. The van der Waals surface area contributed by atoms with Crippen molar-refractivity contribution in [2.24, 2.45) is 0 Å². The first-order valence-electron chi connectivity index (χ1n) is 5.88. The van der Waals surface area contributed by atoms with Gasteiger partial charge in [0.05, 0.1) is 30.3 Å². The van der Waals surface area contributed by atoms with Crippen LogP contribution in [0.15, 0.2) is 6.33 Å². The van der Waals surface area contributed by atoms with Crippen LogP contribution in [0, 0.1) is 0 Å². The third-order valence-corrected chi connectivity index (χ3v) is 3.11. The number of carboxylic acids is 1. The van der Waals surface area contributed by atoms with Gasteiger partial charge in [0.15, 0.2) is 5.60 Å². The van der Waals surface area contributed by atoms with Crippen LogP contribution in [-0.2, 0) is 22.6 Å². The lowest BCUT2D eigenvalue weighted by Gasteiger charge is -2.24. The summed E-state index contributed by atoms with van der Waals surface area (Å²) in [6.07, 6.45) is 2.00. The first-order valence-corrected chi connectivity index (χ1v) is 5.88. The second kappa shape index (κ2) is 4.98. The number of rotatable bonds is 4. The maximum absolute atomic E-state index is 11.9. The van der Waals surface area contributed by atoms with Crippen molar-refractivity contribution in [3.63, 3.8) is 0 Å². The number of carboxylic acid groups (broad SMARTS) is 1. The van der Waals surface area contributed by atoms with Crippen LogP contribution in [0.2, 0.25) is 0 Å². The van der Waals surface area contributed by atoms with Gasteiger partial charge in [0, 0.05) is 13.0 Å². The Morgan fingerprint density at radius 1 is 1.63 bits per heavy atom. The van der Waals surface area contributed by atoms with Crippen LogP contribution >= 0.6 is 0 Å². The van der Waals surface area contributed by atoms with Gasteiger partial charge >= 0.3 is 5.97 Å². The molecule has 0 aromatic carbocycles. The standard InChI is InChI=1S/C11H16N4O4/c1-11(19,10(17)18)4-13-9(16)7-2-6-8(3-12-7)15-5-14-6/h5,7,12,19H,2-4H2,1H3,(H,13,16)(H,14,15)(H,17,18). The minimum absolute atomic E-state index is 0.341. The number of nitrogens with one attached hydrogen (secondary N) is 3. The first-order chi connectivity index (χ1) is 8.90. The van der Waals surface area contributed by atoms with E-state index >= 15 is 0 Å². The van der Waals surface area contributed by atoms with Crippen molar-refractivity contribution >= 4 is 11.9 Å². The van der Waals surface area contributed by atoms with Crippen LogP contribution in [0.5, 0.6) is 0 Å². The minimum atomic E-state index is -1.97. The number of carbonyl (C=O) groups excluding carboxylic acids is 1. The molecular formula is C11H16N4O4. The van der Waals surface area contributed by atoms with E-state index in [4.69, 9.17) is 5.11 Å². The highest BCUT2D eigenvalue weighted by molar-refractivity contribution is 5.84. The van der Waals surface area contributed by atoms with Crippen molar-refractivity contribution in [2.75, 3.05) is 6.54 Å². The predicted octanol–water partition coefficient (Wildman–Crippen LogP) is -1.62. The normalized spacial score (nSPS) is 21.3. The number of imidazole rings is 1. The Labute approximate surface area is 109 Å². The summed E-state index contributed by atoms with van der Waals surface area (Å²) in [5.74, 6) is -1.73. The molecule has 0 spiro atoms. The van der Waals surface area contributed by atoms with Gasteiger partial charge in [-0.2, -0.15) is 0 Å². The van der Waals surface area contributed by atoms with E-state index in [-0.39, 0.29) is 12.5 Å². The Bertz CT molecular complexity index is 497. The Hall–Kier alpha value is -1.93. The highest BCUT2D eigenvalue weighted by atomic mass is 16.4. The number of aromatic amines is 1. The molecule has 5 N–H and O–H groups in total. The fourth-order valence-corrected chi connectivity index (χ4v) is 1.81. The Balaban J connectivity index is 1.90. The van der Waals surface area contributed by atoms with E-state index in [9.17, 15) is 14.7 Å². The van der Waals surface area contributed by atoms with Gasteiger partial charge in [-0.05, 0) is 6.92 Å². The SMILES string of the molecule is CC(O)(CNC(=O)C1Cc2nc[nH]c2CN1)C(=O)O. The lowest BCUT2D eigenvalue weighted by molar-refractivity contribution is -0.156. The molecule has 1 aromatic rings. The van der Waals surface area contributed by atoms with Crippen LogP contribution in [0.3, 0.4) is 0 Å². The van der Waals surface area contributed by atoms with Gasteiger partial charge in [-0.15, -0.1) is 0 Å². The van der Waals surface area contributed by atoms with Gasteiger partial charge < -0.3 is 20.5 Å². The number of nitrogens with zero attached hydrogens (tertiary/aromatic N) is 1. The summed E-state index contributed by atoms with van der Waals surface area (Å²) in [4.78, 5) is 29.7. The Kier molecular flexibility index (Phi) is 3.54. The number of carbonyl (C=O) groups is 2. The number of hydrogen-bond acceptors (Lipinski definition) is 5. The third kappa shape index (κ3) is 2.91. The zero-order valence-corrected chi connectivity index (χ0v) is 10.4. The van der Waals surface area contributed by atoms with Crippen molar-refractivity contribution in [1.29, 1.82) is 0 Å². The average Bonchev–Trinajstić information content (AvgIpc) is 2.82. The summed E-state index contributed by atoms with van der Waals surface area (Å²) in [5.41, 5.74) is -0.201. The maximum atomic E-state index is 11.9. The minimum Gasteiger partial charge on any atom is -0.479 e. The lowest BCUT2D eigenvalue weighted by atomic mass is 10.0. The summed E-state index contributed by atoms with van der Waals surface area (Å²) in [6, 6.07) is -0.472. The summed E-state index contributed by atoms with van der Waals surface area (Å²) >= 11 is 0. The monoisotopic (exact) mass is 268 g/mol. The number of amides is 1. The van der Waals surface area contributed by atoms with Crippen LogP contribution < -0.4 is 10.6 Å². The van der Waals surface area contributed by atoms with Crippen molar-refractivity contribution in [3.05, 3.63) is 17.7 Å². The molecule has 1 aliphatic heterocycles. The first kappa shape index (κ1) is 13.5. The van der Waals surface area contributed by atoms with Crippen molar-refractivity contribution in [3.8, 4) is 0 Å². The van der Waals surface area contributed by atoms with E-state index in [2.05, 4.69) is 20.6 Å². The van der Waals surface area contributed by atoms with Crippen molar-refractivity contribution in [1.82, 2.24) is 20.6 Å². The molecule has 2 rings (SSSR count). The summed E-state index contributed by atoms with van der Waals surface area (Å²) in [5, 5.41) is 23.7. The van der Waals surface area contributed by atoms with Crippen molar-refractivity contribution < 1.29 is 19.8 Å². The maximum Gasteiger partial charge on any atom is 0.337 e. The molecule has 0 bridgehead atoms. The smallest absolute Gasteiger partial charge is 0.337 e. The van der Waals surface area contributed by atoms with E-state index in [0.29, 0.717) is 13.0 Å². The van der Waals surface area contributed by atoms with Crippen molar-refractivity contribution in [2.45, 2.75) is 31.5 Å². The van der Waals surface area contributed by atoms with E-state index in [1.807, 2.05) is 0 Å². The van der Waals surface area contributed by atoms with Crippen LogP contribution in [0.25, 0.3) is 0 Å². The molecule has 1 aliphatic rings. The van der Waals surface area contributed by atoms with Gasteiger partial charge in [0.25, 0.3) is 0 Å². The van der Waals surface area contributed by atoms with Crippen LogP contribution in [0.4, 0.5) is 0 Å². The molecule has 0 aliphatic carbocycles. The lowest BCUT2D eigenvalue weighted by Crippen LogP contribution is -2.53. The quantitative estimate of drug-likeness (QED) is 0.446. The Morgan fingerprint density at radius 2 is 2.37 bits per heavy atom. The number of aliphatic carboxylic acids is 1. The molecule has 0 fully saturated rings. The largest absolute Gasteiger partial charge is 0.479 e. The van der Waals surface area contributed by atoms with E-state index in [1.165, 1.54) is 0 Å². The number of hydrogen-bond donors (Lipinski definition) is 5. The zero-order chi connectivity index (χ0) is 14.0. The second-order valence-electron chi connectivity index (χ2n) is 4.76. The summed E-state index contributed by atoms with van der Waals surface area (Å²) < 4.78 is 0. The number of aliphatic hydroxyl groups is 1. The highest BCUT2D eigenvalue weighted by Gasteiger charge is 2.32. The van der Waals surface area contributed by atoms with Gasteiger partial charge in [-0.1, -0.05) is 0 Å². The van der Waals surface area contributed by atoms with Gasteiger partial charge in [-0.25, -0.2) is 9.78 Å². The topological polar surface area (TPSA) is 127 Å². The molecular weight excluding hydrogens is 252 g/mol. The molecule has 104 valence electrons. The average molecular weight is 268 g/mol.